The molecule has 0 spiro atoms. The number of carbonyl (C=O) groups is 4. The van der Waals surface area contributed by atoms with E-state index in [1.165, 1.54) is 0 Å². The van der Waals surface area contributed by atoms with Gasteiger partial charge in [-0.25, -0.2) is 9.13 Å². The van der Waals surface area contributed by atoms with E-state index in [4.69, 9.17) is 0 Å². The summed E-state index contributed by atoms with van der Waals surface area (Å²) >= 11 is 0. The van der Waals surface area contributed by atoms with Crippen LogP contribution in [0.4, 0.5) is 0 Å². The Morgan fingerprint density at radius 1 is 0.636 bits per heavy atom. The molecule has 4 amide bonds. The van der Waals surface area contributed by atoms with Gasteiger partial charge in [0.05, 0.1) is 11.1 Å². The summed E-state index contributed by atoms with van der Waals surface area (Å²) in [6.45, 7) is 6.91. The van der Waals surface area contributed by atoms with Gasteiger partial charge in [0, 0.05) is 60.6 Å². The molecular formula is C39H48B2N6O8+2. The quantitative estimate of drug-likeness (QED) is 0.0234. The van der Waals surface area contributed by atoms with Crippen molar-refractivity contribution in [3.8, 4) is 0 Å². The van der Waals surface area contributed by atoms with Crippen LogP contribution in [0.25, 0.3) is 0 Å². The molecule has 4 rings (SSSR count). The van der Waals surface area contributed by atoms with Gasteiger partial charge in [-0.2, -0.15) is 0 Å². The Kier molecular flexibility index (Phi) is 16.3. The van der Waals surface area contributed by atoms with Crippen molar-refractivity contribution in [2.75, 3.05) is 19.6 Å². The Bertz CT molecular complexity index is 1930. The maximum Gasteiger partial charge on any atom is 0.488 e. The van der Waals surface area contributed by atoms with E-state index in [9.17, 15) is 39.3 Å². The van der Waals surface area contributed by atoms with Gasteiger partial charge in [0.1, 0.15) is 6.04 Å². The summed E-state index contributed by atoms with van der Waals surface area (Å²) in [7, 11) is -3.20. The molecule has 1 atom stereocenters. The molecule has 0 bridgehead atoms. The summed E-state index contributed by atoms with van der Waals surface area (Å²) < 4.78 is 3.62. The number of carbonyl (C=O) groups excluding carboxylic acids is 4. The summed E-state index contributed by atoms with van der Waals surface area (Å²) in [5.41, 5.74) is 3.42. The van der Waals surface area contributed by atoms with Crippen molar-refractivity contribution >= 4 is 48.8 Å². The van der Waals surface area contributed by atoms with Crippen LogP contribution >= 0.6 is 0 Å². The van der Waals surface area contributed by atoms with Gasteiger partial charge in [-0.3, -0.25) is 19.2 Å². The zero-order valence-corrected chi connectivity index (χ0v) is 30.9. The molecule has 0 aliphatic heterocycles. The molecule has 2 aromatic heterocycles. The molecule has 16 heteroatoms. The lowest BCUT2D eigenvalue weighted by Crippen LogP contribution is -2.47. The zero-order valence-electron chi connectivity index (χ0n) is 30.9. The Morgan fingerprint density at radius 3 is 1.62 bits per heavy atom. The summed E-state index contributed by atoms with van der Waals surface area (Å²) in [4.78, 5) is 51.1. The fourth-order valence-electron chi connectivity index (χ4n) is 5.75. The van der Waals surface area contributed by atoms with Crippen molar-refractivity contribution in [2.24, 2.45) is 0 Å². The molecule has 2 heterocycles. The number of benzene rings is 2. The van der Waals surface area contributed by atoms with Crippen LogP contribution in [0.1, 0.15) is 64.4 Å². The average molecular weight is 750 g/mol. The summed E-state index contributed by atoms with van der Waals surface area (Å²) in [5, 5.41) is 49.9. The number of nitrogens with one attached hydrogen (secondary N) is 4. The molecule has 4 aromatic rings. The number of hydrogen-bond donors (Lipinski definition) is 8. The average Bonchev–Trinajstić information content (AvgIpc) is 3.17. The molecule has 2 aromatic carbocycles. The number of amides is 4. The van der Waals surface area contributed by atoms with E-state index < -0.39 is 26.2 Å². The van der Waals surface area contributed by atoms with Gasteiger partial charge in [0.25, 0.3) is 11.8 Å². The Balaban J connectivity index is 1.30. The van der Waals surface area contributed by atoms with E-state index in [-0.39, 0.29) is 24.3 Å². The fraction of sp³-hybridized carbons (Fsp3) is 0.282. The van der Waals surface area contributed by atoms with Crippen LogP contribution in [0, 0.1) is 0 Å². The molecule has 55 heavy (non-hydrogen) atoms. The molecule has 14 nitrogen and oxygen atoms in total. The predicted octanol–water partition coefficient (Wildman–Crippen LogP) is -1.38. The number of unbranched alkanes of at least 4 members (excludes halogenated alkanes) is 1. The molecule has 0 aliphatic rings. The van der Waals surface area contributed by atoms with Crippen molar-refractivity contribution in [3.63, 3.8) is 0 Å². The molecule has 8 N–H and O–H groups in total. The number of hydrogen-bond acceptors (Lipinski definition) is 8. The smallest absolute Gasteiger partial charge is 0.423 e. The number of pyridine rings is 2. The highest BCUT2D eigenvalue weighted by Gasteiger charge is 2.23. The van der Waals surface area contributed by atoms with Crippen LogP contribution in [-0.2, 0) is 22.7 Å². The lowest BCUT2D eigenvalue weighted by atomic mass is 9.77. The van der Waals surface area contributed by atoms with Crippen LogP contribution in [0.15, 0.2) is 110 Å². The zero-order chi connectivity index (χ0) is 39.7. The number of rotatable bonds is 20. The monoisotopic (exact) mass is 750 g/mol. The normalized spacial score (nSPS) is 11.2. The summed E-state index contributed by atoms with van der Waals surface area (Å²) in [6, 6.07) is 19.7. The third-order valence-electron chi connectivity index (χ3n) is 8.83. The minimum absolute atomic E-state index is 0.263. The van der Waals surface area contributed by atoms with E-state index >= 15 is 0 Å². The van der Waals surface area contributed by atoms with E-state index in [0.717, 1.165) is 5.56 Å². The van der Waals surface area contributed by atoms with Gasteiger partial charge < -0.3 is 41.4 Å². The van der Waals surface area contributed by atoms with Crippen molar-refractivity contribution in [3.05, 3.63) is 132 Å². The molecule has 1 unspecified atom stereocenters. The lowest BCUT2D eigenvalue weighted by Gasteiger charge is -2.19. The first-order valence-corrected chi connectivity index (χ1v) is 18.1. The van der Waals surface area contributed by atoms with Crippen molar-refractivity contribution in [1.82, 2.24) is 21.3 Å². The summed E-state index contributed by atoms with van der Waals surface area (Å²) in [5.74, 6) is -1.35. The molecule has 0 aliphatic carbocycles. The van der Waals surface area contributed by atoms with Crippen LogP contribution in [0.2, 0.25) is 0 Å². The Morgan fingerprint density at radius 2 is 1.11 bits per heavy atom. The van der Waals surface area contributed by atoms with E-state index in [1.807, 2.05) is 16.7 Å². The molecule has 0 radical (unpaired) electrons. The van der Waals surface area contributed by atoms with E-state index in [0.29, 0.717) is 85.1 Å². The highest BCUT2D eigenvalue weighted by atomic mass is 16.4. The van der Waals surface area contributed by atoms with Crippen molar-refractivity contribution < 1.29 is 48.4 Å². The first kappa shape index (κ1) is 42.1. The van der Waals surface area contributed by atoms with Gasteiger partial charge in [0.2, 0.25) is 11.8 Å². The second-order valence-electron chi connectivity index (χ2n) is 13.1. The predicted molar refractivity (Wildman–Crippen MR) is 207 cm³/mol. The number of nitrogens with zero attached hydrogens (tertiary/aromatic N) is 2. The molecular weight excluding hydrogens is 702 g/mol. The fourth-order valence-corrected chi connectivity index (χ4v) is 5.75. The van der Waals surface area contributed by atoms with Gasteiger partial charge in [-0.15, -0.1) is 0 Å². The topological polar surface area (TPSA) is 205 Å². The molecule has 0 fully saturated rings. The second kappa shape index (κ2) is 21.3. The highest BCUT2D eigenvalue weighted by molar-refractivity contribution is 6.59. The minimum Gasteiger partial charge on any atom is -0.423 e. The molecule has 286 valence electrons. The largest absolute Gasteiger partial charge is 0.488 e. The maximum absolute atomic E-state index is 13.3. The first-order valence-electron chi connectivity index (χ1n) is 18.1. The highest BCUT2D eigenvalue weighted by Crippen LogP contribution is 2.06. The van der Waals surface area contributed by atoms with Crippen molar-refractivity contribution in [2.45, 2.75) is 51.7 Å². The third-order valence-corrected chi connectivity index (χ3v) is 8.83. The molecule has 0 saturated heterocycles. The van der Waals surface area contributed by atoms with Crippen LogP contribution in [-0.4, -0.2) is 83.6 Å². The van der Waals surface area contributed by atoms with Gasteiger partial charge in [-0.05, 0) is 43.5 Å². The number of aromatic nitrogens is 2. The summed E-state index contributed by atoms with van der Waals surface area (Å²) in [6.07, 6.45) is 8.71. The van der Waals surface area contributed by atoms with E-state index in [2.05, 4.69) is 27.8 Å². The van der Waals surface area contributed by atoms with Gasteiger partial charge >= 0.3 is 14.2 Å². The Labute approximate surface area is 321 Å². The van der Waals surface area contributed by atoms with Gasteiger partial charge in [0.15, 0.2) is 37.9 Å². The first-order chi connectivity index (χ1) is 26.4. The molecule has 0 saturated carbocycles. The van der Waals surface area contributed by atoms with Gasteiger partial charge in [-0.1, -0.05) is 55.1 Å². The second-order valence-corrected chi connectivity index (χ2v) is 13.1. The standard InChI is InChI=1S/C39H46B2N6O8/c1-28(2)36(48)42-20-9-21-44-39(51)35(45-38(50)30-17-24-47(25-18-30)27-32-11-4-6-13-34(32)41(54)55)14-7-8-19-43-37(49)29-15-22-46(23-16-29)26-31-10-3-5-12-33(31)40(52)53/h3-6,10-13,15-18,22-25,35,52-55H,1,7-9,14,19-21,26-27H2,2H3,(H2-2,42,43,44,45,48,49,50,51)/p+2. The Hall–Kier alpha value is -5.67. The van der Waals surface area contributed by atoms with E-state index in [1.54, 1.807) is 96.9 Å². The van der Waals surface area contributed by atoms with Crippen LogP contribution in [0.5, 0.6) is 0 Å². The third kappa shape index (κ3) is 13.3. The van der Waals surface area contributed by atoms with Crippen LogP contribution < -0.4 is 41.3 Å². The van der Waals surface area contributed by atoms with Crippen LogP contribution in [0.3, 0.4) is 0 Å². The van der Waals surface area contributed by atoms with Crippen molar-refractivity contribution in [1.29, 1.82) is 0 Å². The minimum atomic E-state index is -1.61. The maximum atomic E-state index is 13.3. The lowest BCUT2D eigenvalue weighted by molar-refractivity contribution is -0.688. The SMILES string of the molecule is C=C(C)C(=O)NCCCNC(=O)C(CCCCNC(=O)c1cc[n+](Cc2ccccc2B(O)O)cc1)NC(=O)c1cc[n+](Cc2ccccc2B(O)O)cc1.